The molecule has 1 atom stereocenters. The van der Waals surface area contributed by atoms with Crippen molar-refractivity contribution in [3.8, 4) is 0 Å². The number of hydrogen-bond acceptors (Lipinski definition) is 2. The van der Waals surface area contributed by atoms with E-state index in [-0.39, 0.29) is 36.5 Å². The molecular weight excluding hydrogens is 245 g/mol. The van der Waals surface area contributed by atoms with Crippen molar-refractivity contribution in [3.05, 3.63) is 47.8 Å². The topological polar surface area (TPSA) is 37.4 Å². The summed E-state index contributed by atoms with van der Waals surface area (Å²) in [5, 5.41) is 0. The highest BCUT2D eigenvalue weighted by Crippen LogP contribution is 2.24. The third-order valence-corrected chi connectivity index (χ3v) is 3.16. The van der Waals surface area contributed by atoms with Gasteiger partial charge >= 0.3 is 0 Å². The molecule has 0 aromatic heterocycles. The van der Waals surface area contributed by atoms with Crippen molar-refractivity contribution < 1.29 is 14.0 Å². The normalized spacial score (nSPS) is 19.1. The number of imide groups is 1. The molecule has 1 aromatic carbocycles. The lowest BCUT2D eigenvalue weighted by atomic mass is 9.98. The average molecular weight is 261 g/mol. The summed E-state index contributed by atoms with van der Waals surface area (Å²) >= 11 is 0. The highest BCUT2D eigenvalue weighted by molar-refractivity contribution is 6.03. The van der Waals surface area contributed by atoms with E-state index < -0.39 is 0 Å². The Balaban J connectivity index is 2.06. The minimum absolute atomic E-state index is 0.153. The zero-order chi connectivity index (χ0) is 14.0. The van der Waals surface area contributed by atoms with Gasteiger partial charge in [-0.1, -0.05) is 24.3 Å². The first kappa shape index (κ1) is 13.5. The molecule has 1 saturated heterocycles. The number of carbonyl (C=O) groups excluding carboxylic acids is 2. The lowest BCUT2D eigenvalue weighted by Crippen LogP contribution is -2.32. The molecule has 0 bridgehead atoms. The second-order valence-electron chi connectivity index (χ2n) is 5.01. The van der Waals surface area contributed by atoms with Gasteiger partial charge in [0.2, 0.25) is 11.8 Å². The van der Waals surface area contributed by atoms with E-state index in [1.807, 2.05) is 0 Å². The molecule has 1 aromatic rings. The lowest BCUT2D eigenvalue weighted by Gasteiger charge is -2.14. The van der Waals surface area contributed by atoms with E-state index in [2.05, 4.69) is 6.58 Å². The Morgan fingerprint density at radius 3 is 2.58 bits per heavy atom. The molecular formula is C15H16FNO2. The smallest absolute Gasteiger partial charge is 0.233 e. The molecule has 2 amide bonds. The molecule has 19 heavy (non-hydrogen) atoms. The second-order valence-corrected chi connectivity index (χ2v) is 5.01. The molecule has 2 rings (SSSR count). The minimum atomic E-state index is -0.336. The molecule has 100 valence electrons. The molecule has 1 aliphatic heterocycles. The molecule has 0 N–H and O–H groups in total. The zero-order valence-electron chi connectivity index (χ0n) is 10.9. The lowest BCUT2D eigenvalue weighted by molar-refractivity contribution is -0.138. The summed E-state index contributed by atoms with van der Waals surface area (Å²) in [5.41, 5.74) is 1.65. The van der Waals surface area contributed by atoms with Crippen LogP contribution in [0.1, 0.15) is 18.9 Å². The van der Waals surface area contributed by atoms with Crippen LogP contribution in [0.4, 0.5) is 4.39 Å². The van der Waals surface area contributed by atoms with Gasteiger partial charge in [0.05, 0.1) is 5.92 Å². The second kappa shape index (κ2) is 5.34. The van der Waals surface area contributed by atoms with E-state index in [1.54, 1.807) is 19.1 Å². The SMILES string of the molecule is C=C(C)CN1C(=O)CC(Cc2ccc(F)cc2)C1=O. The van der Waals surface area contributed by atoms with Gasteiger partial charge in [-0.25, -0.2) is 4.39 Å². The Kier molecular flexibility index (Phi) is 3.79. The first-order valence-corrected chi connectivity index (χ1v) is 6.20. The summed E-state index contributed by atoms with van der Waals surface area (Å²) < 4.78 is 12.8. The molecule has 1 unspecified atom stereocenters. The van der Waals surface area contributed by atoms with Gasteiger partial charge in [-0.15, -0.1) is 0 Å². The van der Waals surface area contributed by atoms with Crippen LogP contribution in [0.2, 0.25) is 0 Å². The van der Waals surface area contributed by atoms with Gasteiger partial charge in [0.15, 0.2) is 0 Å². The van der Waals surface area contributed by atoms with Gasteiger partial charge in [0, 0.05) is 13.0 Å². The average Bonchev–Trinajstić information content (AvgIpc) is 2.60. The van der Waals surface area contributed by atoms with E-state index in [1.165, 1.54) is 17.0 Å². The van der Waals surface area contributed by atoms with Crippen molar-refractivity contribution in [1.29, 1.82) is 0 Å². The van der Waals surface area contributed by atoms with Gasteiger partial charge in [0.25, 0.3) is 0 Å². The zero-order valence-corrected chi connectivity index (χ0v) is 10.9. The van der Waals surface area contributed by atoms with E-state index in [9.17, 15) is 14.0 Å². The van der Waals surface area contributed by atoms with E-state index in [0.717, 1.165) is 11.1 Å². The first-order chi connectivity index (χ1) is 8.97. The van der Waals surface area contributed by atoms with Crippen molar-refractivity contribution in [3.63, 3.8) is 0 Å². The highest BCUT2D eigenvalue weighted by atomic mass is 19.1. The van der Waals surface area contributed by atoms with Crippen LogP contribution in [-0.2, 0) is 16.0 Å². The van der Waals surface area contributed by atoms with Crippen molar-refractivity contribution in [2.75, 3.05) is 6.54 Å². The van der Waals surface area contributed by atoms with Crippen LogP contribution >= 0.6 is 0 Å². The quantitative estimate of drug-likeness (QED) is 0.616. The van der Waals surface area contributed by atoms with E-state index >= 15 is 0 Å². The number of amides is 2. The summed E-state index contributed by atoms with van der Waals surface area (Å²) in [6, 6.07) is 6.02. The fourth-order valence-corrected chi connectivity index (χ4v) is 2.25. The molecule has 0 saturated carbocycles. The van der Waals surface area contributed by atoms with Crippen molar-refractivity contribution in [1.82, 2.24) is 4.90 Å². The maximum absolute atomic E-state index is 12.8. The van der Waals surface area contributed by atoms with Gasteiger partial charge in [0.1, 0.15) is 5.82 Å². The molecule has 4 heteroatoms. The maximum atomic E-state index is 12.8. The molecule has 3 nitrogen and oxygen atoms in total. The van der Waals surface area contributed by atoms with Crippen LogP contribution in [0.5, 0.6) is 0 Å². The number of hydrogen-bond donors (Lipinski definition) is 0. The summed E-state index contributed by atoms with van der Waals surface area (Å²) in [6.07, 6.45) is 0.695. The van der Waals surface area contributed by atoms with E-state index in [0.29, 0.717) is 6.42 Å². The molecule has 1 fully saturated rings. The summed E-state index contributed by atoms with van der Waals surface area (Å²) in [4.78, 5) is 25.2. The first-order valence-electron chi connectivity index (χ1n) is 6.20. The minimum Gasteiger partial charge on any atom is -0.278 e. The molecule has 1 heterocycles. The largest absolute Gasteiger partial charge is 0.278 e. The van der Waals surface area contributed by atoms with Crippen LogP contribution in [0.25, 0.3) is 0 Å². The Morgan fingerprint density at radius 1 is 1.37 bits per heavy atom. The molecule has 0 radical (unpaired) electrons. The monoisotopic (exact) mass is 261 g/mol. The number of rotatable bonds is 4. The van der Waals surface area contributed by atoms with Gasteiger partial charge < -0.3 is 0 Å². The Morgan fingerprint density at radius 2 is 2.00 bits per heavy atom. The standard InChI is InChI=1S/C15H16FNO2/c1-10(2)9-17-14(18)8-12(15(17)19)7-11-3-5-13(16)6-4-11/h3-6,12H,1,7-9H2,2H3. The summed E-state index contributed by atoms with van der Waals surface area (Å²) in [7, 11) is 0. The van der Waals surface area contributed by atoms with Crippen LogP contribution in [0.3, 0.4) is 0 Å². The fourth-order valence-electron chi connectivity index (χ4n) is 2.25. The maximum Gasteiger partial charge on any atom is 0.233 e. The number of likely N-dealkylation sites (tertiary alicyclic amines) is 1. The third kappa shape index (κ3) is 3.08. The van der Waals surface area contributed by atoms with Crippen molar-refractivity contribution >= 4 is 11.8 Å². The number of benzene rings is 1. The van der Waals surface area contributed by atoms with Crippen LogP contribution in [0, 0.1) is 11.7 Å². The van der Waals surface area contributed by atoms with Crippen LogP contribution < -0.4 is 0 Å². The Bertz CT molecular complexity index is 521. The Hall–Kier alpha value is -1.97. The van der Waals surface area contributed by atoms with Crippen LogP contribution in [-0.4, -0.2) is 23.3 Å². The summed E-state index contributed by atoms with van der Waals surface area (Å²) in [5.74, 6) is -0.948. The molecule has 1 aliphatic rings. The van der Waals surface area contributed by atoms with Gasteiger partial charge in [-0.05, 0) is 31.0 Å². The predicted octanol–water partition coefficient (Wildman–Crippen LogP) is 2.32. The third-order valence-electron chi connectivity index (χ3n) is 3.16. The highest BCUT2D eigenvalue weighted by Gasteiger charge is 2.37. The number of nitrogens with zero attached hydrogens (tertiary/aromatic N) is 1. The fraction of sp³-hybridized carbons (Fsp3) is 0.333. The van der Waals surface area contributed by atoms with E-state index in [4.69, 9.17) is 0 Å². The Labute approximate surface area is 111 Å². The number of halogens is 1. The number of carbonyl (C=O) groups is 2. The van der Waals surface area contributed by atoms with Crippen molar-refractivity contribution in [2.45, 2.75) is 19.8 Å². The van der Waals surface area contributed by atoms with Crippen molar-refractivity contribution in [2.24, 2.45) is 5.92 Å². The molecule has 0 spiro atoms. The van der Waals surface area contributed by atoms with Crippen LogP contribution in [0.15, 0.2) is 36.4 Å². The van der Waals surface area contributed by atoms with Gasteiger partial charge in [-0.3, -0.25) is 14.5 Å². The van der Waals surface area contributed by atoms with Gasteiger partial charge in [-0.2, -0.15) is 0 Å². The predicted molar refractivity (Wildman–Crippen MR) is 69.7 cm³/mol. The summed E-state index contributed by atoms with van der Waals surface area (Å²) in [6.45, 7) is 5.79. The molecule has 0 aliphatic carbocycles.